The summed E-state index contributed by atoms with van der Waals surface area (Å²) in [4.78, 5) is 14.8. The molecule has 5 heteroatoms. The van der Waals surface area contributed by atoms with E-state index in [9.17, 15) is 4.79 Å². The van der Waals surface area contributed by atoms with Crippen LogP contribution in [-0.2, 0) is 16.6 Å². The lowest BCUT2D eigenvalue weighted by Gasteiger charge is -2.22. The van der Waals surface area contributed by atoms with Crippen molar-refractivity contribution >= 4 is 17.3 Å². The van der Waals surface area contributed by atoms with E-state index in [1.165, 1.54) is 0 Å². The number of fused-ring (bicyclic) bond motifs is 5. The van der Waals surface area contributed by atoms with Gasteiger partial charge in [0.15, 0.2) is 0 Å². The van der Waals surface area contributed by atoms with Crippen LogP contribution in [0.25, 0.3) is 0 Å². The molecule has 1 unspecified atom stereocenters. The zero-order valence-electron chi connectivity index (χ0n) is 12.8. The van der Waals surface area contributed by atoms with Gasteiger partial charge in [-0.05, 0) is 23.8 Å². The Morgan fingerprint density at radius 1 is 1.22 bits per heavy atom. The van der Waals surface area contributed by atoms with Crippen molar-refractivity contribution in [2.75, 3.05) is 30.9 Å². The minimum atomic E-state index is -0.831. The molecule has 1 spiro atoms. The number of nitrogens with two attached hydrogens (primary N) is 1. The van der Waals surface area contributed by atoms with E-state index in [1.54, 1.807) is 11.9 Å². The third kappa shape index (κ3) is 1.36. The zero-order valence-corrected chi connectivity index (χ0v) is 12.8. The van der Waals surface area contributed by atoms with Gasteiger partial charge in [-0.25, -0.2) is 0 Å². The molecule has 3 heterocycles. The maximum atomic E-state index is 13.2. The summed E-state index contributed by atoms with van der Waals surface area (Å²) in [5, 5.41) is 0. The molecule has 2 N–H and O–H groups in total. The van der Waals surface area contributed by atoms with E-state index in [-0.39, 0.29) is 12.5 Å². The number of hydrogen-bond acceptors (Lipinski definition) is 4. The van der Waals surface area contributed by atoms with Gasteiger partial charge >= 0.3 is 0 Å². The van der Waals surface area contributed by atoms with Crippen molar-refractivity contribution in [3.05, 3.63) is 47.0 Å². The van der Waals surface area contributed by atoms with Gasteiger partial charge in [0.1, 0.15) is 23.5 Å². The molecule has 1 atom stereocenters. The molecule has 0 fully saturated rings. The molecule has 5 nitrogen and oxygen atoms in total. The number of nitrogens with zero attached hydrogens (tertiary/aromatic N) is 1. The number of anilines is 2. The number of carbonyl (C=O) groups is 1. The van der Waals surface area contributed by atoms with Gasteiger partial charge in [0.2, 0.25) is 5.91 Å². The first-order valence-corrected chi connectivity index (χ1v) is 7.73. The predicted octanol–water partition coefficient (Wildman–Crippen LogP) is 1.86. The Balaban J connectivity index is 1.83. The highest BCUT2D eigenvalue weighted by molar-refractivity contribution is 6.12. The van der Waals surface area contributed by atoms with Crippen molar-refractivity contribution in [1.82, 2.24) is 0 Å². The van der Waals surface area contributed by atoms with Crippen molar-refractivity contribution < 1.29 is 14.3 Å². The molecule has 0 radical (unpaired) electrons. The summed E-state index contributed by atoms with van der Waals surface area (Å²) in [5.41, 5.74) is 9.84. The second-order valence-electron chi connectivity index (χ2n) is 6.35. The molecule has 1 amide bonds. The molecule has 2 aromatic carbocycles. The molecule has 0 aliphatic carbocycles. The van der Waals surface area contributed by atoms with Crippen molar-refractivity contribution in [1.29, 1.82) is 0 Å². The zero-order chi connectivity index (χ0) is 15.8. The number of carbonyl (C=O) groups excluding carboxylic acids is 1. The summed E-state index contributed by atoms with van der Waals surface area (Å²) in [5.74, 6) is 1.60. The monoisotopic (exact) mass is 308 g/mol. The topological polar surface area (TPSA) is 64.8 Å². The maximum Gasteiger partial charge on any atom is 0.245 e. The van der Waals surface area contributed by atoms with Crippen LogP contribution in [0.3, 0.4) is 0 Å². The molecule has 2 aromatic rings. The first kappa shape index (κ1) is 12.8. The van der Waals surface area contributed by atoms with Crippen LogP contribution >= 0.6 is 0 Å². The smallest absolute Gasteiger partial charge is 0.245 e. The van der Waals surface area contributed by atoms with Crippen LogP contribution in [0.5, 0.6) is 11.5 Å². The van der Waals surface area contributed by atoms with Gasteiger partial charge in [-0.15, -0.1) is 0 Å². The number of ether oxygens (including phenoxy) is 2. The summed E-state index contributed by atoms with van der Waals surface area (Å²) in [6.07, 6.45) is 0.861. The van der Waals surface area contributed by atoms with Crippen molar-refractivity contribution in [2.24, 2.45) is 0 Å². The molecular formula is C18H16N2O3. The van der Waals surface area contributed by atoms with Crippen LogP contribution in [0.2, 0.25) is 0 Å². The Morgan fingerprint density at radius 2 is 2.09 bits per heavy atom. The number of hydrogen-bond donors (Lipinski definition) is 1. The molecule has 5 rings (SSSR count). The van der Waals surface area contributed by atoms with Gasteiger partial charge < -0.3 is 20.1 Å². The Kier molecular flexibility index (Phi) is 2.22. The molecular weight excluding hydrogens is 292 g/mol. The number of benzene rings is 2. The number of amides is 1. The summed E-state index contributed by atoms with van der Waals surface area (Å²) >= 11 is 0. The van der Waals surface area contributed by atoms with Crippen LogP contribution in [0.15, 0.2) is 30.3 Å². The lowest BCUT2D eigenvalue weighted by atomic mass is 9.76. The standard InChI is InChI=1S/C18H16N2O3/c1-20-13-4-2-3-12(19)16(13)18(17(20)21)9-23-15-8-14-10(5-6-22-14)7-11(15)18/h2-4,7-8H,5-6,9,19H2,1H3. The predicted molar refractivity (Wildman–Crippen MR) is 86.2 cm³/mol. The first-order chi connectivity index (χ1) is 11.1. The van der Waals surface area contributed by atoms with Crippen molar-refractivity contribution in [3.63, 3.8) is 0 Å². The van der Waals surface area contributed by atoms with Crippen molar-refractivity contribution in [2.45, 2.75) is 11.8 Å². The molecule has 3 aliphatic rings. The van der Waals surface area contributed by atoms with Crippen molar-refractivity contribution in [3.8, 4) is 11.5 Å². The Hall–Kier alpha value is -2.69. The lowest BCUT2D eigenvalue weighted by Crippen LogP contribution is -2.41. The second kappa shape index (κ2) is 3.98. The highest BCUT2D eigenvalue weighted by Crippen LogP contribution is 2.55. The van der Waals surface area contributed by atoms with Gasteiger partial charge in [-0.3, -0.25) is 4.79 Å². The molecule has 0 aromatic heterocycles. The number of rotatable bonds is 0. The largest absolute Gasteiger partial charge is 0.493 e. The van der Waals surface area contributed by atoms with E-state index in [0.29, 0.717) is 12.3 Å². The number of nitrogen functional groups attached to an aromatic ring is 1. The van der Waals surface area contributed by atoms with Crippen LogP contribution in [0, 0.1) is 0 Å². The minimum Gasteiger partial charge on any atom is -0.493 e. The van der Waals surface area contributed by atoms with E-state index >= 15 is 0 Å². The van der Waals surface area contributed by atoms with Crippen LogP contribution in [0.1, 0.15) is 16.7 Å². The minimum absolute atomic E-state index is 0.0167. The Labute approximate surface area is 133 Å². The van der Waals surface area contributed by atoms with E-state index in [0.717, 1.165) is 40.3 Å². The Bertz CT molecular complexity index is 877. The van der Waals surface area contributed by atoms with E-state index in [2.05, 4.69) is 6.07 Å². The molecule has 0 saturated heterocycles. The average Bonchev–Trinajstić information content (AvgIpc) is 3.20. The first-order valence-electron chi connectivity index (χ1n) is 7.73. The van der Waals surface area contributed by atoms with Crippen LogP contribution in [0.4, 0.5) is 11.4 Å². The van der Waals surface area contributed by atoms with Gasteiger partial charge in [-0.1, -0.05) is 6.07 Å². The van der Waals surface area contributed by atoms with E-state index in [4.69, 9.17) is 15.2 Å². The molecule has 3 aliphatic heterocycles. The third-order valence-corrected chi connectivity index (χ3v) is 5.23. The Morgan fingerprint density at radius 3 is 2.96 bits per heavy atom. The second-order valence-corrected chi connectivity index (χ2v) is 6.35. The average molecular weight is 308 g/mol. The summed E-state index contributed by atoms with van der Waals surface area (Å²) in [6.45, 7) is 0.966. The summed E-state index contributed by atoms with van der Waals surface area (Å²) < 4.78 is 11.5. The summed E-state index contributed by atoms with van der Waals surface area (Å²) in [6, 6.07) is 9.65. The van der Waals surface area contributed by atoms with Gasteiger partial charge in [0.25, 0.3) is 0 Å². The third-order valence-electron chi connectivity index (χ3n) is 5.23. The van der Waals surface area contributed by atoms with Crippen LogP contribution in [-0.4, -0.2) is 26.2 Å². The molecule has 23 heavy (non-hydrogen) atoms. The normalized spacial score (nSPS) is 23.5. The van der Waals surface area contributed by atoms with Gasteiger partial charge in [0, 0.05) is 36.3 Å². The molecule has 0 saturated carbocycles. The number of likely N-dealkylation sites (N-methyl/N-ethyl adjacent to an activating group) is 1. The highest BCUT2D eigenvalue weighted by Gasteiger charge is 2.57. The molecule has 0 bridgehead atoms. The van der Waals surface area contributed by atoms with Crippen LogP contribution < -0.4 is 20.1 Å². The maximum absolute atomic E-state index is 13.2. The van der Waals surface area contributed by atoms with Gasteiger partial charge in [0.05, 0.1) is 12.3 Å². The SMILES string of the molecule is CN1C(=O)C2(COc3cc4c(cc32)CCO4)c2c(N)cccc21. The fourth-order valence-corrected chi connectivity index (χ4v) is 4.11. The lowest BCUT2D eigenvalue weighted by molar-refractivity contribution is -0.121. The van der Waals surface area contributed by atoms with Gasteiger partial charge in [-0.2, -0.15) is 0 Å². The highest BCUT2D eigenvalue weighted by atomic mass is 16.5. The molecule has 116 valence electrons. The summed E-state index contributed by atoms with van der Waals surface area (Å²) in [7, 11) is 1.80. The fourth-order valence-electron chi connectivity index (χ4n) is 4.11. The fraction of sp³-hybridized carbons (Fsp3) is 0.278. The van der Waals surface area contributed by atoms with E-state index in [1.807, 2.05) is 24.3 Å². The van der Waals surface area contributed by atoms with E-state index < -0.39 is 5.41 Å². The quantitative estimate of drug-likeness (QED) is 0.755.